The highest BCUT2D eigenvalue weighted by molar-refractivity contribution is 5.81. The van der Waals surface area contributed by atoms with E-state index in [-0.39, 0.29) is 5.63 Å². The van der Waals surface area contributed by atoms with E-state index in [0.717, 1.165) is 41.0 Å². The van der Waals surface area contributed by atoms with Gasteiger partial charge in [0.05, 0.1) is 7.11 Å². The summed E-state index contributed by atoms with van der Waals surface area (Å²) in [4.78, 5) is 14.7. The fourth-order valence-corrected chi connectivity index (χ4v) is 5.76. The molecule has 0 amide bonds. The van der Waals surface area contributed by atoms with Crippen LogP contribution in [0.2, 0.25) is 0 Å². The zero-order chi connectivity index (χ0) is 17.0. The quantitative estimate of drug-likeness (QED) is 0.798. The Hall–Kier alpha value is -1.81. The molecule has 3 heterocycles. The van der Waals surface area contributed by atoms with Crippen molar-refractivity contribution < 1.29 is 9.15 Å². The second-order valence-electron chi connectivity index (χ2n) is 8.31. The van der Waals surface area contributed by atoms with Crippen molar-refractivity contribution in [2.75, 3.05) is 13.7 Å². The van der Waals surface area contributed by atoms with Crippen LogP contribution >= 0.6 is 0 Å². The lowest BCUT2D eigenvalue weighted by molar-refractivity contribution is 0.122. The lowest BCUT2D eigenvalue weighted by Crippen LogP contribution is -2.37. The first kappa shape index (κ1) is 15.4. The van der Waals surface area contributed by atoms with Crippen molar-refractivity contribution in [1.29, 1.82) is 0 Å². The molecule has 4 aliphatic rings. The van der Waals surface area contributed by atoms with Crippen LogP contribution in [0.1, 0.15) is 37.7 Å². The molecule has 4 nitrogen and oxygen atoms in total. The van der Waals surface area contributed by atoms with Gasteiger partial charge in [-0.15, -0.1) is 0 Å². The Bertz CT molecular complexity index is 844. The van der Waals surface area contributed by atoms with Crippen LogP contribution in [-0.4, -0.2) is 24.6 Å². The highest BCUT2D eigenvalue weighted by atomic mass is 16.5. The molecule has 1 aromatic carbocycles. The third-order valence-electron chi connectivity index (χ3n) is 6.63. The molecule has 0 spiro atoms. The zero-order valence-corrected chi connectivity index (χ0v) is 14.7. The fourth-order valence-electron chi connectivity index (χ4n) is 5.76. The van der Waals surface area contributed by atoms with E-state index in [1.807, 2.05) is 18.2 Å². The monoisotopic (exact) mass is 339 g/mol. The van der Waals surface area contributed by atoms with Crippen LogP contribution in [-0.2, 0) is 6.54 Å². The molecular weight excluding hydrogens is 314 g/mol. The average Bonchev–Trinajstić information content (AvgIpc) is 2.77. The van der Waals surface area contributed by atoms with E-state index in [9.17, 15) is 4.79 Å². The molecule has 132 valence electrons. The van der Waals surface area contributed by atoms with Crippen molar-refractivity contribution in [3.05, 3.63) is 40.2 Å². The topological polar surface area (TPSA) is 42.7 Å². The number of ether oxygens (including phenoxy) is 1. The molecular formula is C21H25NO3. The summed E-state index contributed by atoms with van der Waals surface area (Å²) in [5, 5.41) is 1.03. The van der Waals surface area contributed by atoms with Crippen molar-refractivity contribution in [3.63, 3.8) is 0 Å². The van der Waals surface area contributed by atoms with Crippen molar-refractivity contribution >= 4 is 11.0 Å². The third kappa shape index (κ3) is 2.77. The zero-order valence-electron chi connectivity index (χ0n) is 14.7. The van der Waals surface area contributed by atoms with Crippen LogP contribution in [0.5, 0.6) is 5.75 Å². The fraction of sp³-hybridized carbons (Fsp3) is 0.571. The molecule has 2 aliphatic carbocycles. The Morgan fingerprint density at radius 2 is 1.84 bits per heavy atom. The van der Waals surface area contributed by atoms with Gasteiger partial charge in [-0.25, -0.2) is 4.79 Å². The second kappa shape index (κ2) is 5.87. The van der Waals surface area contributed by atoms with Crippen LogP contribution in [0.25, 0.3) is 11.0 Å². The second-order valence-corrected chi connectivity index (χ2v) is 8.31. The summed E-state index contributed by atoms with van der Waals surface area (Å²) >= 11 is 0. The van der Waals surface area contributed by atoms with E-state index in [1.54, 1.807) is 13.2 Å². The summed E-state index contributed by atoms with van der Waals surface area (Å²) < 4.78 is 10.7. The molecule has 4 heteroatoms. The largest absolute Gasteiger partial charge is 0.497 e. The SMILES string of the molecule is COc1ccc2c(CN3CC4C[C@@H]5CC3C[C@H](C4)C5)cc(=O)oc2c1. The summed E-state index contributed by atoms with van der Waals surface area (Å²) in [5.41, 5.74) is 1.45. The highest BCUT2D eigenvalue weighted by Crippen LogP contribution is 2.47. The minimum Gasteiger partial charge on any atom is -0.497 e. The third-order valence-corrected chi connectivity index (χ3v) is 6.63. The number of benzene rings is 1. The van der Waals surface area contributed by atoms with Gasteiger partial charge >= 0.3 is 5.63 Å². The van der Waals surface area contributed by atoms with Gasteiger partial charge in [0.25, 0.3) is 0 Å². The molecule has 4 fully saturated rings. The number of methoxy groups -OCH3 is 1. The number of fused-ring (bicyclic) bond motifs is 2. The first-order valence-corrected chi connectivity index (χ1v) is 9.53. The highest BCUT2D eigenvalue weighted by Gasteiger charge is 2.42. The van der Waals surface area contributed by atoms with Gasteiger partial charge in [0, 0.05) is 36.7 Å². The van der Waals surface area contributed by atoms with Gasteiger partial charge < -0.3 is 9.15 Å². The van der Waals surface area contributed by atoms with Crippen molar-refractivity contribution in [2.24, 2.45) is 17.8 Å². The minimum atomic E-state index is -0.267. The maximum Gasteiger partial charge on any atom is 0.336 e. The summed E-state index contributed by atoms with van der Waals surface area (Å²) in [6.45, 7) is 2.05. The molecule has 2 saturated carbocycles. The van der Waals surface area contributed by atoms with Crippen molar-refractivity contribution in [2.45, 2.75) is 44.7 Å². The lowest BCUT2D eigenvalue weighted by atomic mass is 9.68. The molecule has 2 unspecified atom stereocenters. The number of hydrogen-bond acceptors (Lipinski definition) is 4. The van der Waals surface area contributed by atoms with Crippen LogP contribution < -0.4 is 10.4 Å². The minimum absolute atomic E-state index is 0.267. The molecule has 6 rings (SSSR count). The Balaban J connectivity index is 1.50. The van der Waals surface area contributed by atoms with E-state index in [2.05, 4.69) is 4.90 Å². The summed E-state index contributed by atoms with van der Waals surface area (Å²) in [6.07, 6.45) is 6.98. The van der Waals surface area contributed by atoms with Crippen molar-refractivity contribution in [3.8, 4) is 5.75 Å². The van der Waals surface area contributed by atoms with Gasteiger partial charge in [0.2, 0.25) is 0 Å². The van der Waals surface area contributed by atoms with Gasteiger partial charge in [-0.1, -0.05) is 0 Å². The van der Waals surface area contributed by atoms with E-state index in [0.29, 0.717) is 11.6 Å². The van der Waals surface area contributed by atoms with E-state index < -0.39 is 0 Å². The van der Waals surface area contributed by atoms with Crippen LogP contribution in [0, 0.1) is 17.8 Å². The smallest absolute Gasteiger partial charge is 0.336 e. The number of nitrogens with zero attached hydrogens (tertiary/aromatic N) is 1. The van der Waals surface area contributed by atoms with E-state index in [4.69, 9.17) is 9.15 Å². The molecule has 0 radical (unpaired) electrons. The van der Waals surface area contributed by atoms with Gasteiger partial charge in [-0.05, 0) is 67.6 Å². The first-order chi connectivity index (χ1) is 12.2. The molecule has 2 saturated heterocycles. The molecule has 2 aromatic rings. The average molecular weight is 339 g/mol. The first-order valence-electron chi connectivity index (χ1n) is 9.53. The molecule has 0 N–H and O–H groups in total. The normalized spacial score (nSPS) is 31.4. The Morgan fingerprint density at radius 3 is 2.60 bits per heavy atom. The summed E-state index contributed by atoms with van der Waals surface area (Å²) in [7, 11) is 1.63. The number of rotatable bonds is 3. The molecule has 4 bridgehead atoms. The predicted molar refractivity (Wildman–Crippen MR) is 96.8 cm³/mol. The van der Waals surface area contributed by atoms with E-state index in [1.165, 1.54) is 38.6 Å². The Labute approximate surface area is 147 Å². The molecule has 2 aliphatic heterocycles. The molecule has 25 heavy (non-hydrogen) atoms. The summed E-state index contributed by atoms with van der Waals surface area (Å²) in [6, 6.07) is 8.16. The lowest BCUT2D eigenvalue weighted by Gasteiger charge is -2.39. The van der Waals surface area contributed by atoms with Gasteiger partial charge in [-0.3, -0.25) is 4.90 Å². The number of hydrogen-bond donors (Lipinski definition) is 0. The predicted octanol–water partition coefficient (Wildman–Crippen LogP) is 3.81. The van der Waals surface area contributed by atoms with Crippen LogP contribution in [0.3, 0.4) is 0 Å². The van der Waals surface area contributed by atoms with E-state index >= 15 is 0 Å². The van der Waals surface area contributed by atoms with Crippen LogP contribution in [0.15, 0.2) is 33.5 Å². The molecule has 4 atom stereocenters. The maximum atomic E-state index is 12.1. The standard InChI is InChI=1S/C21H25NO3/c1-24-18-2-3-19-16(9-21(23)25-20(19)10-18)12-22-11-15-5-13-4-14(6-15)8-17(22)7-13/h2-3,9-10,13-15,17H,4-8,11-12H2,1H3/t13-,14+,15?,17?. The Kier molecular flexibility index (Phi) is 3.63. The van der Waals surface area contributed by atoms with Gasteiger partial charge in [0.1, 0.15) is 11.3 Å². The molecule has 1 aromatic heterocycles. The van der Waals surface area contributed by atoms with Gasteiger partial charge in [-0.2, -0.15) is 0 Å². The van der Waals surface area contributed by atoms with Gasteiger partial charge in [0.15, 0.2) is 0 Å². The van der Waals surface area contributed by atoms with Crippen molar-refractivity contribution in [1.82, 2.24) is 4.90 Å². The van der Waals surface area contributed by atoms with Crippen LogP contribution in [0.4, 0.5) is 0 Å². The Morgan fingerprint density at radius 1 is 1.08 bits per heavy atom. The maximum absolute atomic E-state index is 12.1. The summed E-state index contributed by atoms with van der Waals surface area (Å²) in [5.74, 6) is 3.45.